The molecule has 2 aromatic heterocycles. The van der Waals surface area contributed by atoms with Crippen molar-refractivity contribution < 1.29 is 10.2 Å². The molecule has 8 heteroatoms. The largest absolute Gasteiger partial charge is 0.392 e. The van der Waals surface area contributed by atoms with Crippen LogP contribution >= 0.6 is 0 Å². The number of benzene rings is 4. The molecule has 2 aliphatic heterocycles. The predicted octanol–water partition coefficient (Wildman–Crippen LogP) is 7.87. The van der Waals surface area contributed by atoms with Gasteiger partial charge in [-0.3, -0.25) is 9.97 Å². The quantitative estimate of drug-likeness (QED) is 0.116. The van der Waals surface area contributed by atoms with Crippen molar-refractivity contribution in [1.29, 1.82) is 0 Å². The maximum absolute atomic E-state index is 12.0. The first kappa shape index (κ1) is 29.0. The van der Waals surface area contributed by atoms with Crippen molar-refractivity contribution in [2.75, 3.05) is 21.3 Å². The number of pyridine rings is 2. The number of nitrogens with one attached hydrogen (secondary N) is 4. The summed E-state index contributed by atoms with van der Waals surface area (Å²) >= 11 is 0. The Morgan fingerprint density at radius 2 is 0.979 bits per heavy atom. The molecule has 0 amide bonds. The molecule has 0 unspecified atom stereocenters. The van der Waals surface area contributed by atoms with Gasteiger partial charge in [0.05, 0.1) is 23.6 Å². The van der Waals surface area contributed by atoms with Gasteiger partial charge in [0.15, 0.2) is 0 Å². The summed E-state index contributed by atoms with van der Waals surface area (Å²) in [5, 5.41) is 42.9. The highest BCUT2D eigenvalue weighted by molar-refractivity contribution is 6.10. The van der Waals surface area contributed by atoms with Gasteiger partial charge in [0.1, 0.15) is 11.3 Å². The van der Waals surface area contributed by atoms with Crippen LogP contribution < -0.4 is 21.3 Å². The second kappa shape index (κ2) is 10.2. The molecule has 1 saturated carbocycles. The number of anilines is 4. The molecule has 0 saturated heterocycles. The fraction of sp³-hybridized carbons (Fsp3) is 0.250. The first-order valence-corrected chi connectivity index (χ1v) is 16.6. The first-order chi connectivity index (χ1) is 23.1. The molecule has 0 bridgehead atoms. The van der Waals surface area contributed by atoms with Crippen LogP contribution in [0, 0.1) is 0 Å². The van der Waals surface area contributed by atoms with Crippen LogP contribution in [0.1, 0.15) is 50.7 Å². The van der Waals surface area contributed by atoms with Crippen molar-refractivity contribution in [3.8, 4) is 22.5 Å². The van der Waals surface area contributed by atoms with E-state index in [1.54, 1.807) is 0 Å². The van der Waals surface area contributed by atoms with Gasteiger partial charge in [-0.05, 0) is 98.1 Å². The average molecular weight is 635 g/mol. The number of hydrogen-bond acceptors (Lipinski definition) is 8. The van der Waals surface area contributed by atoms with Gasteiger partial charge in [0.25, 0.3) is 0 Å². The fourth-order valence-corrected chi connectivity index (χ4v) is 8.15. The van der Waals surface area contributed by atoms with Crippen LogP contribution in [0.15, 0.2) is 97.3 Å². The molecule has 1 fully saturated rings. The zero-order chi connectivity index (χ0) is 32.9. The lowest BCUT2D eigenvalue weighted by Crippen LogP contribution is -2.53. The van der Waals surface area contributed by atoms with Crippen LogP contribution in [0.5, 0.6) is 0 Å². The summed E-state index contributed by atoms with van der Waals surface area (Å²) in [5.74, 6) is -0.912. The van der Waals surface area contributed by atoms with Crippen LogP contribution in [0.4, 0.5) is 22.7 Å². The Bertz CT molecular complexity index is 2080. The Labute approximate surface area is 279 Å². The van der Waals surface area contributed by atoms with Crippen molar-refractivity contribution in [2.24, 2.45) is 0 Å². The summed E-state index contributed by atoms with van der Waals surface area (Å²) in [7, 11) is 0. The second-order valence-electron chi connectivity index (χ2n) is 14.5. The Balaban J connectivity index is 1.13. The molecule has 0 spiro atoms. The number of aliphatic hydroxyl groups is 2. The SMILES string of the molecule is CC1(C)Nc2cc(-c3ccccn3)cc3ccc(C4C(O)C(c5ccc6cc(-c7ccccn7)cc7c6c5NC(C)(C)N7)C4O)c(c23)N1. The highest BCUT2D eigenvalue weighted by atomic mass is 16.3. The third-order valence-electron chi connectivity index (χ3n) is 10.2. The van der Waals surface area contributed by atoms with Gasteiger partial charge < -0.3 is 31.5 Å². The standard InChI is InChI=1S/C40H38N6O2/c1-39(2)43-29-19-23(27-9-5-7-15-41-27)17-21-11-13-25(35(45-39)31(21)29)33-37(47)34(38(33)48)26-14-12-22-18-24(28-10-6-8-16-42-28)20-30-32(22)36(26)46-40(3,4)44-30/h5-20,33-34,37-38,43-48H,1-4H3. The molecule has 6 N–H and O–H groups in total. The monoisotopic (exact) mass is 634 g/mol. The molecule has 240 valence electrons. The summed E-state index contributed by atoms with van der Waals surface area (Å²) in [6.45, 7) is 8.39. The third-order valence-corrected chi connectivity index (χ3v) is 10.2. The third kappa shape index (κ3) is 4.43. The molecule has 4 heterocycles. The zero-order valence-electron chi connectivity index (χ0n) is 27.3. The molecule has 1 aliphatic carbocycles. The fourth-order valence-electron chi connectivity index (χ4n) is 8.15. The minimum absolute atomic E-state index is 0.451. The minimum Gasteiger partial charge on any atom is -0.392 e. The van der Waals surface area contributed by atoms with Crippen molar-refractivity contribution in [1.82, 2.24) is 9.97 Å². The lowest BCUT2D eigenvalue weighted by molar-refractivity contribution is -0.0780. The van der Waals surface area contributed by atoms with Crippen LogP contribution in [0.3, 0.4) is 0 Å². The lowest BCUT2D eigenvalue weighted by atomic mass is 9.62. The van der Waals surface area contributed by atoms with Crippen molar-refractivity contribution >= 4 is 44.3 Å². The number of rotatable bonds is 4. The molecule has 0 atom stereocenters. The Morgan fingerprint density at radius 3 is 1.38 bits per heavy atom. The summed E-state index contributed by atoms with van der Waals surface area (Å²) in [6, 6.07) is 28.8. The molecular formula is C40H38N6O2. The first-order valence-electron chi connectivity index (χ1n) is 16.6. The van der Waals surface area contributed by atoms with Gasteiger partial charge in [-0.2, -0.15) is 0 Å². The van der Waals surface area contributed by atoms with E-state index in [1.807, 2.05) is 48.8 Å². The normalized spacial score (nSPS) is 23.0. The van der Waals surface area contributed by atoms with E-state index in [0.717, 1.165) is 77.9 Å². The Hall–Kier alpha value is -5.18. The summed E-state index contributed by atoms with van der Waals surface area (Å²) in [4.78, 5) is 9.16. The van der Waals surface area contributed by atoms with E-state index in [9.17, 15) is 10.2 Å². The van der Waals surface area contributed by atoms with Crippen molar-refractivity contribution in [3.63, 3.8) is 0 Å². The van der Waals surface area contributed by atoms with E-state index < -0.39 is 35.4 Å². The smallest absolute Gasteiger partial charge is 0.102 e. The van der Waals surface area contributed by atoms with Crippen LogP contribution in [-0.4, -0.2) is 43.7 Å². The molecule has 48 heavy (non-hydrogen) atoms. The Morgan fingerprint density at radius 1 is 0.542 bits per heavy atom. The second-order valence-corrected chi connectivity index (χ2v) is 14.5. The molecule has 0 radical (unpaired) electrons. The van der Waals surface area contributed by atoms with Crippen molar-refractivity contribution in [2.45, 2.75) is 63.1 Å². The Kier molecular flexibility index (Phi) is 6.14. The van der Waals surface area contributed by atoms with E-state index in [0.29, 0.717) is 0 Å². The van der Waals surface area contributed by atoms with E-state index in [2.05, 4.69) is 107 Å². The van der Waals surface area contributed by atoms with Crippen molar-refractivity contribution in [3.05, 3.63) is 108 Å². The summed E-state index contributed by atoms with van der Waals surface area (Å²) < 4.78 is 0. The molecule has 9 rings (SSSR count). The van der Waals surface area contributed by atoms with Gasteiger partial charge >= 0.3 is 0 Å². The number of hydrogen-bond donors (Lipinski definition) is 6. The molecule has 4 aromatic carbocycles. The molecule has 6 aromatic rings. The zero-order valence-corrected chi connectivity index (χ0v) is 27.3. The number of nitrogens with zero attached hydrogens (tertiary/aromatic N) is 2. The van der Waals surface area contributed by atoms with Crippen LogP contribution in [0.2, 0.25) is 0 Å². The van der Waals surface area contributed by atoms with E-state index in [4.69, 9.17) is 0 Å². The van der Waals surface area contributed by atoms with Gasteiger partial charge in [0, 0.05) is 68.9 Å². The maximum Gasteiger partial charge on any atom is 0.102 e. The molecule has 8 nitrogen and oxygen atoms in total. The molecular weight excluding hydrogens is 596 g/mol. The van der Waals surface area contributed by atoms with Gasteiger partial charge in [-0.1, -0.05) is 36.4 Å². The van der Waals surface area contributed by atoms with E-state index >= 15 is 0 Å². The number of aliphatic hydroxyl groups excluding tert-OH is 2. The minimum atomic E-state index is -0.783. The maximum atomic E-state index is 12.0. The predicted molar refractivity (Wildman–Crippen MR) is 195 cm³/mol. The summed E-state index contributed by atoms with van der Waals surface area (Å²) in [6.07, 6.45) is 2.06. The van der Waals surface area contributed by atoms with E-state index in [1.165, 1.54) is 0 Å². The van der Waals surface area contributed by atoms with Gasteiger partial charge in [-0.25, -0.2) is 0 Å². The van der Waals surface area contributed by atoms with Gasteiger partial charge in [-0.15, -0.1) is 0 Å². The topological polar surface area (TPSA) is 114 Å². The highest BCUT2D eigenvalue weighted by Crippen LogP contribution is 2.56. The number of aromatic nitrogens is 2. The summed E-state index contributed by atoms with van der Waals surface area (Å²) in [5.41, 5.74) is 8.74. The van der Waals surface area contributed by atoms with Crippen LogP contribution in [0.25, 0.3) is 44.1 Å². The van der Waals surface area contributed by atoms with Crippen LogP contribution in [-0.2, 0) is 0 Å². The average Bonchev–Trinajstić information content (AvgIpc) is 3.06. The lowest BCUT2D eigenvalue weighted by Gasteiger charge is -2.50. The highest BCUT2D eigenvalue weighted by Gasteiger charge is 2.53. The molecule has 3 aliphatic rings. The van der Waals surface area contributed by atoms with E-state index in [-0.39, 0.29) is 0 Å². The van der Waals surface area contributed by atoms with Gasteiger partial charge in [0.2, 0.25) is 0 Å².